The summed E-state index contributed by atoms with van der Waals surface area (Å²) in [7, 11) is 0. The van der Waals surface area contributed by atoms with Crippen molar-refractivity contribution in [3.63, 3.8) is 0 Å². The molecule has 24 heavy (non-hydrogen) atoms. The molecule has 0 saturated carbocycles. The van der Waals surface area contributed by atoms with E-state index in [4.69, 9.17) is 16.1 Å². The fraction of sp³-hybridized carbons (Fsp3) is 0.235. The molecule has 0 radical (unpaired) electrons. The van der Waals surface area contributed by atoms with Gasteiger partial charge in [-0.25, -0.2) is 0 Å². The van der Waals surface area contributed by atoms with E-state index in [1.807, 2.05) is 0 Å². The van der Waals surface area contributed by atoms with Crippen LogP contribution in [0.2, 0.25) is 5.02 Å². The molecule has 0 amide bonds. The van der Waals surface area contributed by atoms with E-state index >= 15 is 0 Å². The van der Waals surface area contributed by atoms with Crippen LogP contribution in [0.3, 0.4) is 0 Å². The summed E-state index contributed by atoms with van der Waals surface area (Å²) < 4.78 is 5.49. The number of hydrogen-bond acceptors (Lipinski definition) is 6. The lowest BCUT2D eigenvalue weighted by molar-refractivity contribution is 0.247. The van der Waals surface area contributed by atoms with Crippen LogP contribution < -0.4 is 0 Å². The van der Waals surface area contributed by atoms with Gasteiger partial charge in [-0.05, 0) is 17.5 Å². The largest absolute Gasteiger partial charge is 0.507 e. The van der Waals surface area contributed by atoms with E-state index in [2.05, 4.69) is 27.6 Å². The summed E-state index contributed by atoms with van der Waals surface area (Å²) in [4.78, 5) is 3.64. The van der Waals surface area contributed by atoms with Crippen LogP contribution >= 0.6 is 22.9 Å². The molecular formula is C17H15ClN2O3S. The molecule has 0 aliphatic carbocycles. The Kier molecular flexibility index (Phi) is 3.96. The Morgan fingerprint density at radius 2 is 2.17 bits per heavy atom. The summed E-state index contributed by atoms with van der Waals surface area (Å²) in [5, 5.41) is 26.1. The average Bonchev–Trinajstić information content (AvgIpc) is 3.20. The summed E-state index contributed by atoms with van der Waals surface area (Å²) in [6.45, 7) is 2.49. The number of rotatable bonds is 3. The second-order valence-corrected chi connectivity index (χ2v) is 7.24. The number of aromatic nitrogens is 1. The standard InChI is InChI=1S/C17H15ClN2O3S/c18-13-6-11(15(21)7-16(13)22)17-12-9-20(4-3-14(12)19-23-17)8-10-2-1-5-24-10/h1-2,5-7,21-22H,3-4,8-9H2. The van der Waals surface area contributed by atoms with Crippen molar-refractivity contribution in [1.29, 1.82) is 0 Å². The highest BCUT2D eigenvalue weighted by Gasteiger charge is 2.26. The number of hydrogen-bond donors (Lipinski definition) is 2. The third-order valence-corrected chi connectivity index (χ3v) is 5.35. The van der Waals surface area contributed by atoms with E-state index in [1.165, 1.54) is 17.0 Å². The van der Waals surface area contributed by atoms with Crippen molar-refractivity contribution in [3.05, 3.63) is 50.8 Å². The van der Waals surface area contributed by atoms with Gasteiger partial charge in [0.15, 0.2) is 5.76 Å². The molecule has 0 unspecified atom stereocenters. The fourth-order valence-corrected chi connectivity index (χ4v) is 3.88. The predicted molar refractivity (Wildman–Crippen MR) is 92.4 cm³/mol. The fourth-order valence-electron chi connectivity index (χ4n) is 2.97. The van der Waals surface area contributed by atoms with Crippen LogP contribution in [0.25, 0.3) is 11.3 Å². The molecule has 0 spiro atoms. The van der Waals surface area contributed by atoms with Crippen LogP contribution in [0, 0.1) is 0 Å². The molecule has 4 rings (SSSR count). The first-order valence-corrected chi connectivity index (χ1v) is 8.81. The lowest BCUT2D eigenvalue weighted by Crippen LogP contribution is -2.29. The number of nitrogens with zero attached hydrogens (tertiary/aromatic N) is 2. The van der Waals surface area contributed by atoms with Gasteiger partial charge >= 0.3 is 0 Å². The zero-order valence-corrected chi connectivity index (χ0v) is 14.3. The minimum absolute atomic E-state index is 0.0776. The lowest BCUT2D eigenvalue weighted by atomic mass is 10.0. The second kappa shape index (κ2) is 6.12. The maximum atomic E-state index is 10.1. The minimum Gasteiger partial charge on any atom is -0.507 e. The van der Waals surface area contributed by atoms with Crippen LogP contribution in [-0.2, 0) is 19.5 Å². The number of benzene rings is 1. The predicted octanol–water partition coefficient (Wildman–Crippen LogP) is 4.03. The van der Waals surface area contributed by atoms with Crippen molar-refractivity contribution in [1.82, 2.24) is 10.1 Å². The molecule has 1 aliphatic rings. The molecule has 124 valence electrons. The van der Waals surface area contributed by atoms with E-state index in [0.29, 0.717) is 17.9 Å². The van der Waals surface area contributed by atoms with Crippen LogP contribution in [0.15, 0.2) is 34.2 Å². The lowest BCUT2D eigenvalue weighted by Gasteiger charge is -2.25. The minimum atomic E-state index is -0.161. The van der Waals surface area contributed by atoms with Gasteiger partial charge in [-0.3, -0.25) is 4.90 Å². The van der Waals surface area contributed by atoms with Gasteiger partial charge in [0.25, 0.3) is 0 Å². The Morgan fingerprint density at radius 3 is 2.96 bits per heavy atom. The Morgan fingerprint density at radius 1 is 1.29 bits per heavy atom. The van der Waals surface area contributed by atoms with Gasteiger partial charge in [-0.1, -0.05) is 22.8 Å². The second-order valence-electron chi connectivity index (χ2n) is 5.80. The van der Waals surface area contributed by atoms with Crippen molar-refractivity contribution in [2.75, 3.05) is 6.54 Å². The van der Waals surface area contributed by atoms with Crippen LogP contribution in [0.5, 0.6) is 11.5 Å². The molecule has 0 atom stereocenters. The number of fused-ring (bicyclic) bond motifs is 1. The maximum Gasteiger partial charge on any atom is 0.175 e. The zero-order chi connectivity index (χ0) is 16.7. The highest BCUT2D eigenvalue weighted by atomic mass is 35.5. The molecule has 0 bridgehead atoms. The Bertz CT molecular complexity index is 876. The summed E-state index contributed by atoms with van der Waals surface area (Å²) in [5.74, 6) is 0.275. The molecule has 3 aromatic rings. The molecular weight excluding hydrogens is 348 g/mol. The number of aromatic hydroxyl groups is 2. The molecule has 2 aromatic heterocycles. The SMILES string of the molecule is Oc1cc(O)c(-c2onc3c2CN(Cc2cccs2)CC3)cc1Cl. The van der Waals surface area contributed by atoms with E-state index in [9.17, 15) is 10.2 Å². The topological polar surface area (TPSA) is 69.7 Å². The average molecular weight is 363 g/mol. The van der Waals surface area contributed by atoms with Gasteiger partial charge in [0, 0.05) is 42.6 Å². The summed E-state index contributed by atoms with van der Waals surface area (Å²) in [6, 6.07) is 6.90. The summed E-state index contributed by atoms with van der Waals surface area (Å²) in [6.07, 6.45) is 0.802. The quantitative estimate of drug-likeness (QED) is 0.736. The molecule has 2 N–H and O–H groups in total. The van der Waals surface area contributed by atoms with E-state index in [-0.39, 0.29) is 16.5 Å². The number of halogens is 1. The van der Waals surface area contributed by atoms with Gasteiger partial charge in [-0.15, -0.1) is 11.3 Å². The van der Waals surface area contributed by atoms with Gasteiger partial charge in [-0.2, -0.15) is 0 Å². The van der Waals surface area contributed by atoms with Crippen molar-refractivity contribution >= 4 is 22.9 Å². The first-order chi connectivity index (χ1) is 11.6. The van der Waals surface area contributed by atoms with Crippen LogP contribution in [-0.4, -0.2) is 26.8 Å². The Labute approximate surface area is 147 Å². The monoisotopic (exact) mass is 362 g/mol. The van der Waals surface area contributed by atoms with Crippen LogP contribution in [0.4, 0.5) is 0 Å². The third-order valence-electron chi connectivity index (χ3n) is 4.19. The highest BCUT2D eigenvalue weighted by molar-refractivity contribution is 7.09. The van der Waals surface area contributed by atoms with E-state index in [1.54, 1.807) is 11.3 Å². The first-order valence-electron chi connectivity index (χ1n) is 7.56. The number of phenolic OH excluding ortho intramolecular Hbond substituents is 2. The molecule has 5 nitrogen and oxygen atoms in total. The highest BCUT2D eigenvalue weighted by Crippen LogP contribution is 2.40. The van der Waals surface area contributed by atoms with Gasteiger partial charge in [0.1, 0.15) is 11.5 Å². The number of thiophene rings is 1. The summed E-state index contributed by atoms with van der Waals surface area (Å²) >= 11 is 7.72. The van der Waals surface area contributed by atoms with Crippen molar-refractivity contribution in [2.24, 2.45) is 0 Å². The van der Waals surface area contributed by atoms with Crippen molar-refractivity contribution in [3.8, 4) is 22.8 Å². The maximum absolute atomic E-state index is 10.1. The van der Waals surface area contributed by atoms with Crippen molar-refractivity contribution < 1.29 is 14.7 Å². The van der Waals surface area contributed by atoms with E-state index in [0.717, 1.165) is 30.8 Å². The number of phenols is 2. The normalized spacial score (nSPS) is 14.7. The molecule has 3 heterocycles. The van der Waals surface area contributed by atoms with Crippen LogP contribution in [0.1, 0.15) is 16.1 Å². The van der Waals surface area contributed by atoms with Gasteiger partial charge < -0.3 is 14.7 Å². The Balaban J connectivity index is 1.67. The van der Waals surface area contributed by atoms with Crippen molar-refractivity contribution in [2.45, 2.75) is 19.5 Å². The third kappa shape index (κ3) is 2.77. The molecule has 1 aromatic carbocycles. The smallest absolute Gasteiger partial charge is 0.175 e. The first kappa shape index (κ1) is 15.5. The summed E-state index contributed by atoms with van der Waals surface area (Å²) in [5.41, 5.74) is 2.33. The molecule has 1 aliphatic heterocycles. The van der Waals surface area contributed by atoms with Gasteiger partial charge in [0.05, 0.1) is 16.3 Å². The zero-order valence-electron chi connectivity index (χ0n) is 12.7. The van der Waals surface area contributed by atoms with E-state index < -0.39 is 0 Å². The molecule has 0 fully saturated rings. The van der Waals surface area contributed by atoms with Gasteiger partial charge in [0.2, 0.25) is 0 Å². The Hall–Kier alpha value is -2.02. The molecule has 7 heteroatoms. The molecule has 0 saturated heterocycles.